The van der Waals surface area contributed by atoms with Gasteiger partial charge in [-0.1, -0.05) is 6.42 Å². The molecule has 0 saturated carbocycles. The maximum absolute atomic E-state index is 10.8. The second-order valence-electron chi connectivity index (χ2n) is 3.52. The largest absolute Gasteiger partial charge is 0.449 e. The van der Waals surface area contributed by atoms with E-state index in [0.29, 0.717) is 6.42 Å². The minimum Gasteiger partial charge on any atom is -0.449 e. The third-order valence-corrected chi connectivity index (χ3v) is 2.22. The highest BCUT2D eigenvalue weighted by atomic mass is 32.2. The van der Waals surface area contributed by atoms with Crippen molar-refractivity contribution in [1.82, 2.24) is 4.72 Å². The SMILES string of the molecule is CS(=O)(=O)NC(=O)OCCCCCC(N)N. The fourth-order valence-electron chi connectivity index (χ4n) is 1.00. The van der Waals surface area contributed by atoms with Gasteiger partial charge in [0.15, 0.2) is 0 Å². The van der Waals surface area contributed by atoms with Crippen molar-refractivity contribution in [3.05, 3.63) is 0 Å². The Morgan fingerprint density at radius 3 is 2.44 bits per heavy atom. The fourth-order valence-corrected chi connectivity index (χ4v) is 1.37. The molecule has 5 N–H and O–H groups in total. The Morgan fingerprint density at radius 2 is 1.94 bits per heavy atom. The Hall–Kier alpha value is -0.860. The summed E-state index contributed by atoms with van der Waals surface area (Å²) in [5.41, 5.74) is 10.7. The van der Waals surface area contributed by atoms with Gasteiger partial charge in [-0.3, -0.25) is 0 Å². The van der Waals surface area contributed by atoms with Gasteiger partial charge in [-0.2, -0.15) is 0 Å². The highest BCUT2D eigenvalue weighted by molar-refractivity contribution is 7.89. The van der Waals surface area contributed by atoms with Gasteiger partial charge in [-0.15, -0.1) is 0 Å². The van der Waals surface area contributed by atoms with E-state index >= 15 is 0 Å². The summed E-state index contributed by atoms with van der Waals surface area (Å²) < 4.78 is 27.6. The molecule has 0 saturated heterocycles. The lowest BCUT2D eigenvalue weighted by atomic mass is 10.2. The van der Waals surface area contributed by atoms with E-state index < -0.39 is 16.1 Å². The van der Waals surface area contributed by atoms with Gasteiger partial charge in [-0.05, 0) is 19.3 Å². The molecule has 0 aromatic rings. The van der Waals surface area contributed by atoms with Crippen molar-refractivity contribution in [3.63, 3.8) is 0 Å². The maximum Gasteiger partial charge on any atom is 0.420 e. The van der Waals surface area contributed by atoms with Crippen molar-refractivity contribution in [1.29, 1.82) is 0 Å². The molecular weight excluding hydrogens is 234 g/mol. The number of carbonyl (C=O) groups excluding carboxylic acids is 1. The van der Waals surface area contributed by atoms with Crippen molar-refractivity contribution in [2.24, 2.45) is 11.5 Å². The topological polar surface area (TPSA) is 125 Å². The average Bonchev–Trinajstić information content (AvgIpc) is 2.07. The zero-order chi connectivity index (χ0) is 12.6. The number of nitrogens with one attached hydrogen (secondary N) is 1. The Kier molecular flexibility index (Phi) is 7.02. The third kappa shape index (κ3) is 11.2. The molecular formula is C8H19N3O4S. The Morgan fingerprint density at radius 1 is 1.31 bits per heavy atom. The van der Waals surface area contributed by atoms with Crippen LogP contribution in [0.15, 0.2) is 0 Å². The van der Waals surface area contributed by atoms with E-state index in [1.807, 2.05) is 0 Å². The van der Waals surface area contributed by atoms with E-state index in [1.54, 1.807) is 4.72 Å². The van der Waals surface area contributed by atoms with Gasteiger partial charge < -0.3 is 16.2 Å². The second-order valence-corrected chi connectivity index (χ2v) is 5.27. The smallest absolute Gasteiger partial charge is 0.420 e. The molecule has 8 heteroatoms. The molecule has 16 heavy (non-hydrogen) atoms. The number of hydrogen-bond acceptors (Lipinski definition) is 6. The molecule has 96 valence electrons. The molecule has 0 aliphatic carbocycles. The van der Waals surface area contributed by atoms with Gasteiger partial charge in [-0.25, -0.2) is 17.9 Å². The number of ether oxygens (including phenoxy) is 1. The van der Waals surface area contributed by atoms with Crippen molar-refractivity contribution < 1.29 is 17.9 Å². The van der Waals surface area contributed by atoms with Crippen LogP contribution in [0.5, 0.6) is 0 Å². The van der Waals surface area contributed by atoms with Gasteiger partial charge in [0.05, 0.1) is 19.0 Å². The monoisotopic (exact) mass is 253 g/mol. The minimum absolute atomic E-state index is 0.182. The van der Waals surface area contributed by atoms with Gasteiger partial charge in [0.2, 0.25) is 10.0 Å². The standard InChI is InChI=1S/C8H19N3O4S/c1-16(13,14)11-8(12)15-6-4-2-3-5-7(9)10/h7H,2-6,9-10H2,1H3,(H,11,12). The molecule has 0 aromatic carbocycles. The van der Waals surface area contributed by atoms with Crippen LogP contribution in [0.25, 0.3) is 0 Å². The zero-order valence-electron chi connectivity index (χ0n) is 9.31. The van der Waals surface area contributed by atoms with E-state index in [9.17, 15) is 13.2 Å². The molecule has 7 nitrogen and oxygen atoms in total. The van der Waals surface area contributed by atoms with Crippen LogP contribution in [0.3, 0.4) is 0 Å². The summed E-state index contributed by atoms with van der Waals surface area (Å²) in [5.74, 6) is 0. The average molecular weight is 253 g/mol. The lowest BCUT2D eigenvalue weighted by molar-refractivity contribution is 0.150. The van der Waals surface area contributed by atoms with E-state index in [4.69, 9.17) is 11.5 Å². The number of sulfonamides is 1. The molecule has 0 aromatic heterocycles. The summed E-state index contributed by atoms with van der Waals surface area (Å²) >= 11 is 0. The van der Waals surface area contributed by atoms with Crippen LogP contribution >= 0.6 is 0 Å². The minimum atomic E-state index is -3.54. The summed E-state index contributed by atoms with van der Waals surface area (Å²) in [6.07, 6.45) is 2.69. The van der Waals surface area contributed by atoms with Crippen LogP contribution < -0.4 is 16.2 Å². The molecule has 1 amide bonds. The molecule has 0 aliphatic heterocycles. The number of unbranched alkanes of at least 4 members (excludes halogenated alkanes) is 2. The summed E-state index contributed by atoms with van der Waals surface area (Å²) in [6, 6.07) is 0. The molecule has 0 fully saturated rings. The third-order valence-electron chi connectivity index (χ3n) is 1.68. The van der Waals surface area contributed by atoms with E-state index in [-0.39, 0.29) is 12.8 Å². The first-order valence-corrected chi connectivity index (χ1v) is 6.86. The van der Waals surface area contributed by atoms with Crippen LogP contribution in [-0.2, 0) is 14.8 Å². The van der Waals surface area contributed by atoms with Crippen LogP contribution in [0.2, 0.25) is 0 Å². The number of hydrogen-bond donors (Lipinski definition) is 3. The molecule has 0 rings (SSSR count). The first-order chi connectivity index (χ1) is 7.31. The Bertz CT molecular complexity index is 302. The van der Waals surface area contributed by atoms with Crippen LogP contribution in [0, 0.1) is 0 Å². The number of carbonyl (C=O) groups is 1. The predicted octanol–water partition coefficient (Wildman–Crippen LogP) is -0.524. The molecule has 0 heterocycles. The highest BCUT2D eigenvalue weighted by Gasteiger charge is 2.08. The normalized spacial score (nSPS) is 11.5. The number of amides is 1. The van der Waals surface area contributed by atoms with Crippen molar-refractivity contribution in [3.8, 4) is 0 Å². The van der Waals surface area contributed by atoms with Crippen molar-refractivity contribution in [2.45, 2.75) is 31.8 Å². The summed E-state index contributed by atoms with van der Waals surface area (Å²) in [7, 11) is -3.54. The number of nitrogens with two attached hydrogens (primary N) is 2. The molecule has 0 radical (unpaired) electrons. The molecule has 0 spiro atoms. The van der Waals surface area contributed by atoms with Gasteiger partial charge in [0.25, 0.3) is 0 Å². The first-order valence-electron chi connectivity index (χ1n) is 4.97. The Balaban J connectivity index is 3.42. The number of rotatable bonds is 7. The molecule has 0 unspecified atom stereocenters. The van der Waals surface area contributed by atoms with Crippen LogP contribution in [0.4, 0.5) is 4.79 Å². The quantitative estimate of drug-likeness (QED) is 0.414. The second kappa shape index (κ2) is 7.42. The van der Waals surface area contributed by atoms with Crippen molar-refractivity contribution in [2.75, 3.05) is 12.9 Å². The van der Waals surface area contributed by atoms with E-state index in [2.05, 4.69) is 4.74 Å². The molecule has 0 aliphatic rings. The van der Waals surface area contributed by atoms with E-state index in [0.717, 1.165) is 25.5 Å². The maximum atomic E-state index is 10.8. The molecule has 0 atom stereocenters. The summed E-state index contributed by atoms with van der Waals surface area (Å²) in [5, 5.41) is 0. The van der Waals surface area contributed by atoms with Crippen molar-refractivity contribution >= 4 is 16.1 Å². The zero-order valence-corrected chi connectivity index (χ0v) is 10.1. The summed E-state index contributed by atoms with van der Waals surface area (Å²) in [4.78, 5) is 10.8. The molecule has 0 bridgehead atoms. The van der Waals surface area contributed by atoms with Crippen LogP contribution in [0.1, 0.15) is 25.7 Å². The van der Waals surface area contributed by atoms with Gasteiger partial charge >= 0.3 is 6.09 Å². The predicted molar refractivity (Wildman–Crippen MR) is 60.0 cm³/mol. The summed E-state index contributed by atoms with van der Waals surface area (Å²) in [6.45, 7) is 0.182. The first kappa shape index (κ1) is 15.1. The van der Waals surface area contributed by atoms with Gasteiger partial charge in [0, 0.05) is 0 Å². The highest BCUT2D eigenvalue weighted by Crippen LogP contribution is 2.00. The van der Waals surface area contributed by atoms with Gasteiger partial charge in [0.1, 0.15) is 0 Å². The fraction of sp³-hybridized carbons (Fsp3) is 0.875. The lowest BCUT2D eigenvalue weighted by Gasteiger charge is -2.06. The van der Waals surface area contributed by atoms with Crippen LogP contribution in [-0.4, -0.2) is 33.5 Å². The van der Waals surface area contributed by atoms with E-state index in [1.165, 1.54) is 0 Å². The lowest BCUT2D eigenvalue weighted by Crippen LogP contribution is -2.30. The Labute approximate surface area is 95.6 Å².